The Morgan fingerprint density at radius 3 is 2.60 bits per heavy atom. The van der Waals surface area contributed by atoms with Gasteiger partial charge in [-0.3, -0.25) is 0 Å². The molecule has 0 saturated heterocycles. The first-order valence-corrected chi connectivity index (χ1v) is 4.72. The van der Waals surface area contributed by atoms with Crippen molar-refractivity contribution in [2.75, 3.05) is 23.4 Å². The van der Waals surface area contributed by atoms with Crippen LogP contribution in [0.2, 0.25) is 0 Å². The molecule has 6 heteroatoms. The Bertz CT molecular complexity index is 319. The zero-order valence-corrected chi connectivity index (χ0v) is 8.99. The summed E-state index contributed by atoms with van der Waals surface area (Å²) >= 11 is 0. The molecule has 0 atom stereocenters. The quantitative estimate of drug-likeness (QED) is 0.567. The largest absolute Gasteiger partial charge is 0.396 e. The van der Waals surface area contributed by atoms with Crippen molar-refractivity contribution < 1.29 is 5.11 Å². The predicted octanol–water partition coefficient (Wildman–Crippen LogP) is 0.214. The zero-order valence-electron chi connectivity index (χ0n) is 8.99. The second-order valence-electron chi connectivity index (χ2n) is 4.02. The smallest absolute Gasteiger partial charge is 0.223 e. The molecule has 0 aliphatic heterocycles. The van der Waals surface area contributed by atoms with Crippen LogP contribution in [-0.2, 0) is 0 Å². The first-order valence-electron chi connectivity index (χ1n) is 4.72. The number of hydrogen-bond donors (Lipinski definition) is 4. The lowest BCUT2D eigenvalue weighted by Gasteiger charge is -2.26. The number of hydrogen-bond acceptors (Lipinski definition) is 6. The van der Waals surface area contributed by atoms with Crippen LogP contribution in [0.4, 0.5) is 17.6 Å². The molecule has 0 amide bonds. The van der Waals surface area contributed by atoms with E-state index in [0.29, 0.717) is 18.1 Å². The summed E-state index contributed by atoms with van der Waals surface area (Å²) < 4.78 is 0. The summed E-state index contributed by atoms with van der Waals surface area (Å²) in [6.07, 6.45) is 0.608. The van der Waals surface area contributed by atoms with Crippen LogP contribution in [0.1, 0.15) is 20.3 Å². The predicted molar refractivity (Wildman–Crippen MR) is 60.3 cm³/mol. The summed E-state index contributed by atoms with van der Waals surface area (Å²) in [6.45, 7) is 4.02. The van der Waals surface area contributed by atoms with Crippen molar-refractivity contribution in [3.8, 4) is 0 Å². The van der Waals surface area contributed by atoms with Gasteiger partial charge in [0.15, 0.2) is 0 Å². The Kier molecular flexibility index (Phi) is 3.31. The maximum absolute atomic E-state index is 8.87. The SMILES string of the molecule is CC(C)(CCO)Nc1cc(N)nc(N)n1. The summed E-state index contributed by atoms with van der Waals surface area (Å²) in [4.78, 5) is 7.76. The molecule has 1 rings (SSSR count). The number of nitrogens with two attached hydrogens (primary N) is 2. The lowest BCUT2D eigenvalue weighted by molar-refractivity contribution is 0.260. The van der Waals surface area contributed by atoms with Crippen molar-refractivity contribution in [1.82, 2.24) is 9.97 Å². The monoisotopic (exact) mass is 211 g/mol. The van der Waals surface area contributed by atoms with E-state index in [0.717, 1.165) is 0 Å². The lowest BCUT2D eigenvalue weighted by Crippen LogP contribution is -2.32. The molecule has 0 aliphatic carbocycles. The molecule has 6 N–H and O–H groups in total. The molecule has 6 nitrogen and oxygen atoms in total. The molecule has 84 valence electrons. The second-order valence-corrected chi connectivity index (χ2v) is 4.02. The average molecular weight is 211 g/mol. The molecular formula is C9H17N5O. The molecule has 0 radical (unpaired) electrons. The number of aliphatic hydroxyl groups is 1. The van der Waals surface area contributed by atoms with Crippen molar-refractivity contribution in [3.63, 3.8) is 0 Å². The molecule has 1 aromatic heterocycles. The molecule has 1 aromatic rings. The van der Waals surface area contributed by atoms with Gasteiger partial charge < -0.3 is 21.9 Å². The minimum absolute atomic E-state index is 0.107. The fraction of sp³-hybridized carbons (Fsp3) is 0.556. The van der Waals surface area contributed by atoms with Gasteiger partial charge in [-0.25, -0.2) is 0 Å². The van der Waals surface area contributed by atoms with Crippen LogP contribution >= 0.6 is 0 Å². The third kappa shape index (κ3) is 3.59. The van der Waals surface area contributed by atoms with Gasteiger partial charge in [-0.15, -0.1) is 0 Å². The fourth-order valence-corrected chi connectivity index (χ4v) is 1.24. The van der Waals surface area contributed by atoms with Gasteiger partial charge in [0.1, 0.15) is 11.6 Å². The summed E-state index contributed by atoms with van der Waals surface area (Å²) in [5, 5.41) is 12.0. The van der Waals surface area contributed by atoms with E-state index in [1.54, 1.807) is 6.07 Å². The van der Waals surface area contributed by atoms with Gasteiger partial charge in [0.25, 0.3) is 0 Å². The second kappa shape index (κ2) is 4.31. The standard InChI is InChI=1S/C9H17N5O/c1-9(2,3-4-15)14-7-5-6(10)12-8(11)13-7/h5,15H,3-4H2,1-2H3,(H5,10,11,12,13,14). The highest BCUT2D eigenvalue weighted by atomic mass is 16.3. The molecule has 0 aromatic carbocycles. The van der Waals surface area contributed by atoms with Crippen LogP contribution < -0.4 is 16.8 Å². The minimum atomic E-state index is -0.262. The lowest BCUT2D eigenvalue weighted by atomic mass is 10.0. The Labute approximate surface area is 88.7 Å². The van der Waals surface area contributed by atoms with E-state index in [9.17, 15) is 0 Å². The Morgan fingerprint density at radius 2 is 2.07 bits per heavy atom. The van der Waals surface area contributed by atoms with Crippen LogP contribution in [-0.4, -0.2) is 27.2 Å². The summed E-state index contributed by atoms with van der Waals surface area (Å²) in [7, 11) is 0. The van der Waals surface area contributed by atoms with E-state index in [1.165, 1.54) is 0 Å². The normalized spacial score (nSPS) is 11.4. The van der Waals surface area contributed by atoms with Crippen molar-refractivity contribution in [2.45, 2.75) is 25.8 Å². The number of aliphatic hydroxyl groups excluding tert-OH is 1. The molecule has 0 spiro atoms. The Balaban J connectivity index is 2.80. The molecule has 0 aliphatic rings. The van der Waals surface area contributed by atoms with Crippen LogP contribution in [0, 0.1) is 0 Å². The van der Waals surface area contributed by atoms with Crippen LogP contribution in [0.5, 0.6) is 0 Å². The van der Waals surface area contributed by atoms with E-state index >= 15 is 0 Å². The van der Waals surface area contributed by atoms with E-state index in [4.69, 9.17) is 16.6 Å². The minimum Gasteiger partial charge on any atom is -0.396 e. The highest BCUT2D eigenvalue weighted by Crippen LogP contribution is 2.17. The van der Waals surface area contributed by atoms with Gasteiger partial charge in [0.2, 0.25) is 5.95 Å². The van der Waals surface area contributed by atoms with Crippen LogP contribution in [0.25, 0.3) is 0 Å². The van der Waals surface area contributed by atoms with Crippen molar-refractivity contribution >= 4 is 17.6 Å². The summed E-state index contributed by atoms with van der Waals surface area (Å²) in [5.41, 5.74) is 10.7. The fourth-order valence-electron chi connectivity index (χ4n) is 1.24. The molecule has 0 unspecified atom stereocenters. The van der Waals surface area contributed by atoms with Gasteiger partial charge in [-0.2, -0.15) is 9.97 Å². The molecule has 0 fully saturated rings. The zero-order chi connectivity index (χ0) is 11.5. The number of rotatable bonds is 4. The van der Waals surface area contributed by atoms with Gasteiger partial charge in [0, 0.05) is 18.2 Å². The van der Waals surface area contributed by atoms with Crippen molar-refractivity contribution in [2.24, 2.45) is 0 Å². The highest BCUT2D eigenvalue weighted by Gasteiger charge is 2.17. The average Bonchev–Trinajstić information content (AvgIpc) is 1.99. The van der Waals surface area contributed by atoms with Gasteiger partial charge >= 0.3 is 0 Å². The third-order valence-corrected chi connectivity index (χ3v) is 1.97. The number of nitrogen functional groups attached to an aromatic ring is 2. The van der Waals surface area contributed by atoms with Gasteiger partial charge in [0.05, 0.1) is 0 Å². The number of anilines is 3. The van der Waals surface area contributed by atoms with Crippen molar-refractivity contribution in [1.29, 1.82) is 0 Å². The summed E-state index contributed by atoms with van der Waals surface area (Å²) in [5.74, 6) is 1.03. The Morgan fingerprint density at radius 1 is 1.40 bits per heavy atom. The Hall–Kier alpha value is -1.56. The van der Waals surface area contributed by atoms with E-state index in [1.807, 2.05) is 13.8 Å². The first-order chi connectivity index (χ1) is 6.93. The molecule has 0 saturated carbocycles. The first kappa shape index (κ1) is 11.5. The number of aromatic nitrogens is 2. The van der Waals surface area contributed by atoms with Crippen LogP contribution in [0.3, 0.4) is 0 Å². The third-order valence-electron chi connectivity index (χ3n) is 1.97. The molecule has 15 heavy (non-hydrogen) atoms. The topological polar surface area (TPSA) is 110 Å². The van der Waals surface area contributed by atoms with Crippen molar-refractivity contribution in [3.05, 3.63) is 6.07 Å². The highest BCUT2D eigenvalue weighted by molar-refractivity contribution is 5.49. The van der Waals surface area contributed by atoms with E-state index in [-0.39, 0.29) is 18.1 Å². The van der Waals surface area contributed by atoms with Gasteiger partial charge in [-0.1, -0.05) is 0 Å². The molecule has 0 bridgehead atoms. The van der Waals surface area contributed by atoms with E-state index < -0.39 is 0 Å². The maximum Gasteiger partial charge on any atom is 0.223 e. The summed E-state index contributed by atoms with van der Waals surface area (Å²) in [6, 6.07) is 1.61. The van der Waals surface area contributed by atoms with E-state index in [2.05, 4.69) is 15.3 Å². The number of nitrogens with zero attached hydrogens (tertiary/aromatic N) is 2. The molecule has 1 heterocycles. The maximum atomic E-state index is 8.87. The number of nitrogens with one attached hydrogen (secondary N) is 1. The molecular weight excluding hydrogens is 194 g/mol. The van der Waals surface area contributed by atoms with Crippen LogP contribution in [0.15, 0.2) is 6.07 Å². The van der Waals surface area contributed by atoms with Gasteiger partial charge in [-0.05, 0) is 20.3 Å².